The van der Waals surface area contributed by atoms with Crippen LogP contribution >= 0.6 is 0 Å². The maximum absolute atomic E-state index is 11.6. The molecule has 1 aromatic heterocycles. The number of ether oxygens (including phenoxy) is 1. The smallest absolute Gasteiger partial charge is 0.323 e. The van der Waals surface area contributed by atoms with E-state index in [1.807, 2.05) is 24.3 Å². The van der Waals surface area contributed by atoms with Gasteiger partial charge in [-0.05, 0) is 16.7 Å². The van der Waals surface area contributed by atoms with Crippen LogP contribution < -0.4 is 9.79 Å². The van der Waals surface area contributed by atoms with Crippen LogP contribution in [-0.2, 0) is 11.2 Å². The molecule has 0 aliphatic carbocycles. The number of rotatable bonds is 3. The monoisotopic (exact) mass is 289 g/mol. The Morgan fingerprint density at radius 2 is 2.00 bits per heavy atom. The number of hydrogen-bond acceptors (Lipinski definition) is 5. The molecule has 6 heteroatoms. The van der Waals surface area contributed by atoms with Gasteiger partial charge in [0.15, 0.2) is 6.08 Å². The molecule has 0 bridgehead atoms. The van der Waals surface area contributed by atoms with E-state index in [1.54, 1.807) is 20.8 Å². The van der Waals surface area contributed by atoms with Gasteiger partial charge in [0.05, 0.1) is 0 Å². The summed E-state index contributed by atoms with van der Waals surface area (Å²) in [6.45, 7) is 7.42. The molecule has 1 heterocycles. The molecule has 2 rings (SSSR count). The lowest BCUT2D eigenvalue weighted by atomic mass is 10.1. The van der Waals surface area contributed by atoms with Crippen LogP contribution in [0.2, 0.25) is 0 Å². The third kappa shape index (κ3) is 4.30. The van der Waals surface area contributed by atoms with Gasteiger partial charge in [-0.25, -0.2) is 0 Å². The molecule has 0 aliphatic heterocycles. The van der Waals surface area contributed by atoms with Crippen LogP contribution in [0, 0.1) is 0 Å². The van der Waals surface area contributed by atoms with E-state index >= 15 is 0 Å². The summed E-state index contributed by atoms with van der Waals surface area (Å²) in [6.07, 6.45) is 1.81. The van der Waals surface area contributed by atoms with Gasteiger partial charge in [0.2, 0.25) is 11.0 Å². The van der Waals surface area contributed by atoms with Crippen molar-refractivity contribution in [3.8, 4) is 5.69 Å². The maximum Gasteiger partial charge on any atom is 0.323 e. The van der Waals surface area contributed by atoms with Gasteiger partial charge in [-0.2, -0.15) is 4.99 Å². The Balaban J connectivity index is 2.15. The van der Waals surface area contributed by atoms with E-state index in [-0.39, 0.29) is 5.88 Å². The molecule has 0 unspecified atom stereocenters. The molecular weight excluding hydrogens is 270 g/mol. The number of aryl methyl sites for hydroxylation is 1. The molecule has 21 heavy (non-hydrogen) atoms. The molecule has 0 saturated carbocycles. The molecule has 0 spiro atoms. The van der Waals surface area contributed by atoms with Gasteiger partial charge in [0.1, 0.15) is 0 Å². The second-order valence-electron chi connectivity index (χ2n) is 5.60. The Kier molecular flexibility index (Phi) is 4.26. The second kappa shape index (κ2) is 5.95. The van der Waals surface area contributed by atoms with E-state index in [4.69, 9.17) is 9.26 Å². The van der Waals surface area contributed by atoms with E-state index in [1.165, 1.54) is 16.4 Å². The third-order valence-electron chi connectivity index (χ3n) is 2.66. The quantitative estimate of drug-likeness (QED) is 0.489. The predicted octanol–water partition coefficient (Wildman–Crippen LogP) is 1.68. The summed E-state index contributed by atoms with van der Waals surface area (Å²) in [7, 11) is 0. The summed E-state index contributed by atoms with van der Waals surface area (Å²) in [5.41, 5.74) is 1.48. The molecule has 112 valence electrons. The highest BCUT2D eigenvalue weighted by Crippen LogP contribution is 2.12. The standard InChI is InChI=1S/C15H19N3O3/c1-5-11-6-8-12(9-7-11)18-10-13(21-17-18)16-14(19)20-15(2,3)4/h6-10H,5H2,1-4H3. The highest BCUT2D eigenvalue weighted by atomic mass is 16.6. The zero-order valence-corrected chi connectivity index (χ0v) is 12.7. The van der Waals surface area contributed by atoms with Crippen LogP contribution in [0.5, 0.6) is 0 Å². The molecule has 0 N–H and O–H groups in total. The lowest BCUT2D eigenvalue weighted by Gasteiger charge is -2.28. The molecule has 0 amide bonds. The molecule has 0 saturated heterocycles. The van der Waals surface area contributed by atoms with Gasteiger partial charge < -0.3 is 9.84 Å². The van der Waals surface area contributed by atoms with E-state index < -0.39 is 11.7 Å². The van der Waals surface area contributed by atoms with Crippen LogP contribution in [0.15, 0.2) is 40.0 Å². The van der Waals surface area contributed by atoms with E-state index in [9.17, 15) is 5.11 Å². The molecule has 0 fully saturated rings. The highest BCUT2D eigenvalue weighted by Gasteiger charge is 2.14. The Hall–Kier alpha value is -2.37. The average molecular weight is 289 g/mol. The Labute approximate surface area is 123 Å². The zero-order valence-electron chi connectivity index (χ0n) is 12.7. The van der Waals surface area contributed by atoms with Crippen molar-refractivity contribution in [2.75, 3.05) is 0 Å². The van der Waals surface area contributed by atoms with E-state index in [2.05, 4.69) is 17.2 Å². The number of benzene rings is 1. The van der Waals surface area contributed by atoms with Crippen LogP contribution in [0.3, 0.4) is 0 Å². The Bertz CT molecular complexity index is 624. The minimum absolute atomic E-state index is 0.101. The van der Waals surface area contributed by atoms with Crippen LogP contribution in [-0.4, -0.2) is 17.0 Å². The Morgan fingerprint density at radius 3 is 2.57 bits per heavy atom. The number of aromatic nitrogens is 2. The summed E-state index contributed by atoms with van der Waals surface area (Å²) < 4.78 is 11.6. The lowest BCUT2D eigenvalue weighted by molar-refractivity contribution is -0.670. The van der Waals surface area contributed by atoms with E-state index in [0.29, 0.717) is 0 Å². The van der Waals surface area contributed by atoms with Crippen LogP contribution in [0.1, 0.15) is 33.3 Å². The van der Waals surface area contributed by atoms with Crippen molar-refractivity contribution in [1.29, 1.82) is 0 Å². The van der Waals surface area contributed by atoms with Crippen molar-refractivity contribution in [3.63, 3.8) is 0 Å². The van der Waals surface area contributed by atoms with Crippen molar-refractivity contribution < 1.29 is 19.0 Å². The molecule has 0 atom stereocenters. The molecule has 1 aromatic carbocycles. The van der Waals surface area contributed by atoms with Crippen molar-refractivity contribution >= 4 is 12.0 Å². The molecule has 2 aromatic rings. The average Bonchev–Trinajstić information content (AvgIpc) is 2.85. The fourth-order valence-corrected chi connectivity index (χ4v) is 1.67. The van der Waals surface area contributed by atoms with E-state index in [0.717, 1.165) is 12.1 Å². The Morgan fingerprint density at radius 1 is 1.33 bits per heavy atom. The summed E-state index contributed by atoms with van der Waals surface area (Å²) in [5, 5.41) is 15.4. The first-order valence-electron chi connectivity index (χ1n) is 6.80. The topological polar surface area (TPSA) is 74.6 Å². The molecular formula is C15H19N3O3. The largest absolute Gasteiger partial charge is 0.594 e. The summed E-state index contributed by atoms with van der Waals surface area (Å²) in [4.78, 5) is 3.71. The van der Waals surface area contributed by atoms with Gasteiger partial charge in [0.25, 0.3) is 6.20 Å². The zero-order chi connectivity index (χ0) is 15.5. The van der Waals surface area contributed by atoms with Crippen molar-refractivity contribution in [2.24, 2.45) is 4.99 Å². The first-order chi connectivity index (χ1) is 9.87. The number of nitrogens with zero attached hydrogens (tertiary/aromatic N) is 3. The van der Waals surface area contributed by atoms with Crippen LogP contribution in [0.4, 0.5) is 5.88 Å². The lowest BCUT2D eigenvalue weighted by Crippen LogP contribution is -2.32. The SMILES string of the molecule is CCc1ccc(-[n+]2cc(/N=C(\[O-])OC(C)(C)C)on2)cc1. The van der Waals surface area contributed by atoms with Gasteiger partial charge in [-0.15, -0.1) is 0 Å². The van der Waals surface area contributed by atoms with Gasteiger partial charge in [0, 0.05) is 17.7 Å². The molecule has 0 radical (unpaired) electrons. The summed E-state index contributed by atoms with van der Waals surface area (Å²) in [5.74, 6) is 0.101. The van der Waals surface area contributed by atoms with Gasteiger partial charge >= 0.3 is 5.88 Å². The third-order valence-corrected chi connectivity index (χ3v) is 2.66. The summed E-state index contributed by atoms with van der Waals surface area (Å²) in [6, 6.07) is 7.89. The van der Waals surface area contributed by atoms with Crippen molar-refractivity contribution in [3.05, 3.63) is 36.0 Å². The fraction of sp³-hybridized carbons (Fsp3) is 0.400. The van der Waals surface area contributed by atoms with Crippen molar-refractivity contribution in [1.82, 2.24) is 5.27 Å². The fourth-order valence-electron chi connectivity index (χ4n) is 1.67. The summed E-state index contributed by atoms with van der Waals surface area (Å²) >= 11 is 0. The van der Waals surface area contributed by atoms with Gasteiger partial charge in [-0.1, -0.05) is 39.8 Å². The van der Waals surface area contributed by atoms with Crippen molar-refractivity contribution in [2.45, 2.75) is 39.7 Å². The van der Waals surface area contributed by atoms with Gasteiger partial charge in [-0.3, -0.25) is 4.52 Å². The normalized spacial score (nSPS) is 12.5. The predicted molar refractivity (Wildman–Crippen MR) is 75.3 cm³/mol. The highest BCUT2D eigenvalue weighted by molar-refractivity contribution is 5.65. The number of hydrogen-bond donors (Lipinski definition) is 0. The molecule has 0 aliphatic rings. The molecule has 6 nitrogen and oxygen atoms in total. The minimum atomic E-state index is -0.702. The first kappa shape index (κ1) is 15.0. The van der Waals surface area contributed by atoms with Crippen LogP contribution in [0.25, 0.3) is 5.69 Å². The first-order valence-corrected chi connectivity index (χ1v) is 6.80. The second-order valence-corrected chi connectivity index (χ2v) is 5.60. The maximum atomic E-state index is 11.6. The number of aliphatic imine (C=N–C) groups is 1. The minimum Gasteiger partial charge on any atom is -0.594 e.